The number of aliphatic carboxylic acids is 1. The number of likely N-dealkylation sites (tertiary alicyclic amines) is 1. The Balaban J connectivity index is 2.01. The number of halogens is 1. The molecule has 0 saturated carbocycles. The summed E-state index contributed by atoms with van der Waals surface area (Å²) in [7, 11) is 0. The number of carboxylic acids is 1. The summed E-state index contributed by atoms with van der Waals surface area (Å²) in [5.74, 6) is -1.52. The van der Waals surface area contributed by atoms with Crippen LogP contribution in [0, 0.1) is 11.7 Å². The number of hydrogen-bond donors (Lipinski definition) is 1. The minimum absolute atomic E-state index is 0.0313. The lowest BCUT2D eigenvalue weighted by Gasteiger charge is -2.34. The van der Waals surface area contributed by atoms with Crippen molar-refractivity contribution in [3.8, 4) is 5.75 Å². The van der Waals surface area contributed by atoms with Crippen LogP contribution in [0.4, 0.5) is 4.39 Å². The van der Waals surface area contributed by atoms with E-state index < -0.39 is 17.9 Å². The van der Waals surface area contributed by atoms with Crippen LogP contribution in [0.1, 0.15) is 32.6 Å². The highest BCUT2D eigenvalue weighted by Crippen LogP contribution is 2.23. The number of rotatable bonds is 6. The zero-order chi connectivity index (χ0) is 16.8. The van der Waals surface area contributed by atoms with Crippen molar-refractivity contribution >= 4 is 11.9 Å². The number of para-hydroxylation sites is 1. The summed E-state index contributed by atoms with van der Waals surface area (Å²) in [6, 6.07) is 6.00. The van der Waals surface area contributed by atoms with Crippen molar-refractivity contribution in [2.24, 2.45) is 5.92 Å². The molecule has 23 heavy (non-hydrogen) atoms. The molecule has 0 aromatic heterocycles. The van der Waals surface area contributed by atoms with Gasteiger partial charge in [-0.05, 0) is 37.3 Å². The van der Waals surface area contributed by atoms with E-state index in [-0.39, 0.29) is 24.0 Å². The first-order valence-corrected chi connectivity index (χ1v) is 7.93. The molecule has 2 atom stereocenters. The van der Waals surface area contributed by atoms with Gasteiger partial charge in [0.05, 0.1) is 0 Å². The lowest BCUT2D eigenvalue weighted by atomic mass is 9.94. The number of carbonyl (C=O) groups is 2. The van der Waals surface area contributed by atoms with Crippen LogP contribution in [0.3, 0.4) is 0 Å². The number of benzene rings is 1. The third-order valence-corrected chi connectivity index (χ3v) is 4.05. The van der Waals surface area contributed by atoms with Gasteiger partial charge in [0.2, 0.25) is 0 Å². The Bertz CT molecular complexity index is 563. The van der Waals surface area contributed by atoms with E-state index in [1.54, 1.807) is 17.0 Å². The first kappa shape index (κ1) is 17.2. The van der Waals surface area contributed by atoms with Crippen molar-refractivity contribution in [3.05, 3.63) is 30.1 Å². The third-order valence-electron chi connectivity index (χ3n) is 4.05. The third kappa shape index (κ3) is 4.68. The van der Waals surface area contributed by atoms with Crippen molar-refractivity contribution in [1.82, 2.24) is 4.90 Å². The van der Waals surface area contributed by atoms with Crippen molar-refractivity contribution in [2.75, 3.05) is 13.1 Å². The summed E-state index contributed by atoms with van der Waals surface area (Å²) < 4.78 is 19.2. The highest BCUT2D eigenvalue weighted by Gasteiger charge is 2.30. The van der Waals surface area contributed by atoms with E-state index in [4.69, 9.17) is 9.84 Å². The summed E-state index contributed by atoms with van der Waals surface area (Å²) >= 11 is 0. The average molecular weight is 323 g/mol. The number of carboxylic acid groups (broad SMARTS) is 1. The zero-order valence-corrected chi connectivity index (χ0v) is 13.2. The molecule has 1 aromatic carbocycles. The van der Waals surface area contributed by atoms with Crippen molar-refractivity contribution in [3.63, 3.8) is 0 Å². The van der Waals surface area contributed by atoms with Crippen molar-refractivity contribution < 1.29 is 23.8 Å². The standard InChI is InChI=1S/C17H22FNO4/c1-2-14(23-15-8-4-3-7-13(15)18)17(22)19-9-5-6-12(11-19)10-16(20)21/h3-4,7-8,12,14H,2,5-6,9-11H2,1H3,(H,20,21)/t12-,14-/m1/s1. The maximum absolute atomic E-state index is 13.7. The fraction of sp³-hybridized carbons (Fsp3) is 0.529. The smallest absolute Gasteiger partial charge is 0.303 e. The quantitative estimate of drug-likeness (QED) is 0.874. The van der Waals surface area contributed by atoms with Gasteiger partial charge in [0.15, 0.2) is 17.7 Å². The highest BCUT2D eigenvalue weighted by molar-refractivity contribution is 5.81. The van der Waals surface area contributed by atoms with Crippen LogP contribution >= 0.6 is 0 Å². The molecule has 1 saturated heterocycles. The van der Waals surface area contributed by atoms with Crippen LogP contribution in [0.15, 0.2) is 24.3 Å². The van der Waals surface area contributed by atoms with E-state index in [1.165, 1.54) is 12.1 Å². The number of carbonyl (C=O) groups excluding carboxylic acids is 1. The predicted molar refractivity (Wildman–Crippen MR) is 82.7 cm³/mol. The van der Waals surface area contributed by atoms with Gasteiger partial charge in [0.1, 0.15) is 0 Å². The second-order valence-corrected chi connectivity index (χ2v) is 5.84. The first-order valence-electron chi connectivity index (χ1n) is 7.93. The van der Waals surface area contributed by atoms with Gasteiger partial charge in [0.25, 0.3) is 5.91 Å². The van der Waals surface area contributed by atoms with Gasteiger partial charge in [-0.15, -0.1) is 0 Å². The normalized spacial score (nSPS) is 19.2. The molecule has 0 aliphatic carbocycles. The summed E-state index contributed by atoms with van der Waals surface area (Å²) in [6.45, 7) is 2.82. The van der Waals surface area contributed by atoms with Crippen LogP contribution in [0.5, 0.6) is 5.75 Å². The zero-order valence-electron chi connectivity index (χ0n) is 13.2. The van der Waals surface area contributed by atoms with E-state index in [0.29, 0.717) is 19.5 Å². The minimum atomic E-state index is -0.848. The molecule has 1 heterocycles. The van der Waals surface area contributed by atoms with E-state index in [9.17, 15) is 14.0 Å². The molecule has 0 radical (unpaired) electrons. The molecule has 0 spiro atoms. The molecule has 1 N–H and O–H groups in total. The molecule has 5 nitrogen and oxygen atoms in total. The topological polar surface area (TPSA) is 66.8 Å². The number of piperidine rings is 1. The molecule has 1 fully saturated rings. The van der Waals surface area contributed by atoms with Gasteiger partial charge >= 0.3 is 5.97 Å². The Morgan fingerprint density at radius 3 is 2.83 bits per heavy atom. The van der Waals surface area contributed by atoms with Crippen molar-refractivity contribution in [1.29, 1.82) is 0 Å². The molecule has 1 aliphatic heterocycles. The molecular weight excluding hydrogens is 301 g/mol. The molecule has 6 heteroatoms. The molecule has 0 unspecified atom stereocenters. The number of nitrogens with zero attached hydrogens (tertiary/aromatic N) is 1. The van der Waals surface area contributed by atoms with E-state index >= 15 is 0 Å². The number of amides is 1. The van der Waals surface area contributed by atoms with E-state index in [1.807, 2.05) is 6.92 Å². The maximum atomic E-state index is 13.7. The summed E-state index contributed by atoms with van der Waals surface area (Å²) in [5.41, 5.74) is 0. The minimum Gasteiger partial charge on any atom is -0.481 e. The predicted octanol–water partition coefficient (Wildman–Crippen LogP) is 2.70. The van der Waals surface area contributed by atoms with E-state index in [2.05, 4.69) is 0 Å². The van der Waals surface area contributed by atoms with Crippen LogP contribution in [-0.4, -0.2) is 41.1 Å². The molecule has 0 bridgehead atoms. The van der Waals surface area contributed by atoms with Crippen LogP contribution < -0.4 is 4.74 Å². The highest BCUT2D eigenvalue weighted by atomic mass is 19.1. The summed E-state index contributed by atoms with van der Waals surface area (Å²) in [4.78, 5) is 25.1. The van der Waals surface area contributed by atoms with Gasteiger partial charge in [-0.1, -0.05) is 19.1 Å². The van der Waals surface area contributed by atoms with Crippen molar-refractivity contribution in [2.45, 2.75) is 38.7 Å². The fourth-order valence-corrected chi connectivity index (χ4v) is 2.88. The molecule has 1 aromatic rings. The van der Waals surface area contributed by atoms with Gasteiger partial charge < -0.3 is 14.7 Å². The summed E-state index contributed by atoms with van der Waals surface area (Å²) in [6.07, 6.45) is 1.32. The Morgan fingerprint density at radius 1 is 1.43 bits per heavy atom. The lowest BCUT2D eigenvalue weighted by molar-refractivity contribution is -0.144. The molecule has 1 amide bonds. The molecular formula is C17H22FNO4. The Kier molecular flexibility index (Phi) is 5.96. The van der Waals surface area contributed by atoms with Gasteiger partial charge in [-0.3, -0.25) is 9.59 Å². The Hall–Kier alpha value is -2.11. The second-order valence-electron chi connectivity index (χ2n) is 5.84. The Morgan fingerprint density at radius 2 is 2.17 bits per heavy atom. The molecule has 126 valence electrons. The molecule has 2 rings (SSSR count). The van der Waals surface area contributed by atoms with Gasteiger partial charge in [0, 0.05) is 19.5 Å². The van der Waals surface area contributed by atoms with Crippen LogP contribution in [-0.2, 0) is 9.59 Å². The monoisotopic (exact) mass is 323 g/mol. The fourth-order valence-electron chi connectivity index (χ4n) is 2.88. The Labute approximate surface area is 135 Å². The number of hydrogen-bond acceptors (Lipinski definition) is 3. The maximum Gasteiger partial charge on any atom is 0.303 e. The largest absolute Gasteiger partial charge is 0.481 e. The second kappa shape index (κ2) is 7.94. The van der Waals surface area contributed by atoms with Crippen LogP contribution in [0.25, 0.3) is 0 Å². The average Bonchev–Trinajstić information content (AvgIpc) is 2.53. The van der Waals surface area contributed by atoms with Gasteiger partial charge in [-0.2, -0.15) is 0 Å². The molecule has 1 aliphatic rings. The first-order chi connectivity index (χ1) is 11.0. The SMILES string of the molecule is CC[C@@H](Oc1ccccc1F)C(=O)N1CCC[C@H](CC(=O)O)C1. The van der Waals surface area contributed by atoms with Gasteiger partial charge in [-0.25, -0.2) is 4.39 Å². The lowest BCUT2D eigenvalue weighted by Crippen LogP contribution is -2.47. The summed E-state index contributed by atoms with van der Waals surface area (Å²) in [5, 5.41) is 8.90. The van der Waals surface area contributed by atoms with Crippen LogP contribution in [0.2, 0.25) is 0 Å². The van der Waals surface area contributed by atoms with E-state index in [0.717, 1.165) is 12.8 Å². The number of ether oxygens (including phenoxy) is 1.